The van der Waals surface area contributed by atoms with Crippen molar-refractivity contribution < 1.29 is 19.1 Å². The molecule has 1 amide bonds. The smallest absolute Gasteiger partial charge is 0.338 e. The number of esters is 1. The highest BCUT2D eigenvalue weighted by molar-refractivity contribution is 5.96. The van der Waals surface area contributed by atoms with Crippen LogP contribution >= 0.6 is 0 Å². The molecule has 138 valence electrons. The molecule has 26 heavy (non-hydrogen) atoms. The number of amides is 1. The van der Waals surface area contributed by atoms with Gasteiger partial charge in [-0.2, -0.15) is 0 Å². The second kappa shape index (κ2) is 9.04. The van der Waals surface area contributed by atoms with Crippen LogP contribution in [0.25, 0.3) is 0 Å². The van der Waals surface area contributed by atoms with E-state index in [1.54, 1.807) is 24.3 Å². The Bertz CT molecular complexity index is 758. The summed E-state index contributed by atoms with van der Waals surface area (Å²) in [5.74, 6) is -0.206. The quantitative estimate of drug-likeness (QED) is 0.756. The number of hydrogen-bond acceptors (Lipinski definition) is 4. The molecular weight excluding hydrogens is 330 g/mol. The van der Waals surface area contributed by atoms with E-state index < -0.39 is 5.97 Å². The summed E-state index contributed by atoms with van der Waals surface area (Å²) in [4.78, 5) is 24.2. The van der Waals surface area contributed by atoms with Gasteiger partial charge >= 0.3 is 5.97 Å². The minimum Gasteiger partial charge on any atom is -0.494 e. The maximum atomic E-state index is 12.1. The van der Waals surface area contributed by atoms with Gasteiger partial charge in [-0.3, -0.25) is 4.79 Å². The van der Waals surface area contributed by atoms with Crippen LogP contribution in [0.15, 0.2) is 36.4 Å². The van der Waals surface area contributed by atoms with Crippen molar-refractivity contribution in [3.63, 3.8) is 0 Å². The molecule has 0 fully saturated rings. The van der Waals surface area contributed by atoms with E-state index >= 15 is 0 Å². The van der Waals surface area contributed by atoms with E-state index in [0.29, 0.717) is 17.9 Å². The SMILES string of the molecule is CCCOc1ccc(C(=O)OCC(=O)Nc2c(C)cc(C)cc2C)cc1. The Hall–Kier alpha value is -2.82. The first-order valence-electron chi connectivity index (χ1n) is 8.68. The third-order valence-electron chi connectivity index (χ3n) is 3.84. The summed E-state index contributed by atoms with van der Waals surface area (Å²) in [6.07, 6.45) is 0.916. The average molecular weight is 355 g/mol. The molecule has 2 rings (SSSR count). The summed E-state index contributed by atoms with van der Waals surface area (Å²) < 4.78 is 10.6. The van der Waals surface area contributed by atoms with Gasteiger partial charge in [0, 0.05) is 5.69 Å². The van der Waals surface area contributed by atoms with Gasteiger partial charge in [-0.15, -0.1) is 0 Å². The van der Waals surface area contributed by atoms with E-state index in [2.05, 4.69) is 5.32 Å². The van der Waals surface area contributed by atoms with Crippen LogP contribution in [0.2, 0.25) is 0 Å². The minimum atomic E-state index is -0.542. The van der Waals surface area contributed by atoms with Gasteiger partial charge in [-0.05, 0) is 62.6 Å². The van der Waals surface area contributed by atoms with E-state index in [1.807, 2.05) is 39.8 Å². The molecule has 2 aromatic carbocycles. The molecule has 0 saturated carbocycles. The summed E-state index contributed by atoms with van der Waals surface area (Å²) in [5.41, 5.74) is 4.23. The Morgan fingerprint density at radius 3 is 2.19 bits per heavy atom. The fraction of sp³-hybridized carbons (Fsp3) is 0.333. The second-order valence-corrected chi connectivity index (χ2v) is 6.27. The predicted octanol–water partition coefficient (Wildman–Crippen LogP) is 4.20. The van der Waals surface area contributed by atoms with Crippen molar-refractivity contribution >= 4 is 17.6 Å². The van der Waals surface area contributed by atoms with Crippen molar-refractivity contribution in [2.24, 2.45) is 0 Å². The first-order chi connectivity index (χ1) is 12.4. The van der Waals surface area contributed by atoms with E-state index in [-0.39, 0.29) is 12.5 Å². The maximum absolute atomic E-state index is 12.1. The number of anilines is 1. The highest BCUT2D eigenvalue weighted by Crippen LogP contribution is 2.21. The van der Waals surface area contributed by atoms with Gasteiger partial charge in [0.05, 0.1) is 12.2 Å². The minimum absolute atomic E-state index is 0.334. The molecule has 0 bridgehead atoms. The standard InChI is InChI=1S/C21H25NO4/c1-5-10-25-18-8-6-17(7-9-18)21(24)26-13-19(23)22-20-15(3)11-14(2)12-16(20)4/h6-9,11-12H,5,10,13H2,1-4H3,(H,22,23). The van der Waals surface area contributed by atoms with E-state index in [1.165, 1.54) is 0 Å². The van der Waals surface area contributed by atoms with Crippen LogP contribution in [0.3, 0.4) is 0 Å². The van der Waals surface area contributed by atoms with Crippen molar-refractivity contribution in [1.29, 1.82) is 0 Å². The maximum Gasteiger partial charge on any atom is 0.338 e. The van der Waals surface area contributed by atoms with Gasteiger partial charge < -0.3 is 14.8 Å². The third kappa shape index (κ3) is 5.34. The van der Waals surface area contributed by atoms with E-state index in [9.17, 15) is 9.59 Å². The van der Waals surface area contributed by atoms with E-state index in [4.69, 9.17) is 9.47 Å². The van der Waals surface area contributed by atoms with Crippen molar-refractivity contribution in [2.75, 3.05) is 18.5 Å². The fourth-order valence-electron chi connectivity index (χ4n) is 2.67. The Labute approximate surface area is 154 Å². The normalized spacial score (nSPS) is 10.3. The number of hydrogen-bond donors (Lipinski definition) is 1. The summed E-state index contributed by atoms with van der Waals surface area (Å²) in [6, 6.07) is 10.7. The van der Waals surface area contributed by atoms with Crippen molar-refractivity contribution in [1.82, 2.24) is 0 Å². The molecule has 5 nitrogen and oxygen atoms in total. The zero-order valence-corrected chi connectivity index (χ0v) is 15.7. The monoisotopic (exact) mass is 355 g/mol. The fourth-order valence-corrected chi connectivity index (χ4v) is 2.67. The lowest BCUT2D eigenvalue weighted by Gasteiger charge is -2.13. The summed E-state index contributed by atoms with van der Waals surface area (Å²) in [7, 11) is 0. The summed E-state index contributed by atoms with van der Waals surface area (Å²) >= 11 is 0. The highest BCUT2D eigenvalue weighted by Gasteiger charge is 2.12. The molecule has 0 radical (unpaired) electrons. The van der Waals surface area contributed by atoms with Crippen LogP contribution in [-0.4, -0.2) is 25.1 Å². The summed E-state index contributed by atoms with van der Waals surface area (Å²) in [5, 5.41) is 2.81. The third-order valence-corrected chi connectivity index (χ3v) is 3.84. The Morgan fingerprint density at radius 1 is 1.00 bits per heavy atom. The molecule has 0 heterocycles. The predicted molar refractivity (Wildman–Crippen MR) is 102 cm³/mol. The zero-order chi connectivity index (χ0) is 19.1. The molecule has 0 spiro atoms. The lowest BCUT2D eigenvalue weighted by molar-refractivity contribution is -0.119. The molecule has 2 aromatic rings. The molecule has 0 atom stereocenters. The molecule has 0 aliphatic carbocycles. The number of benzene rings is 2. The number of rotatable bonds is 7. The van der Waals surface area contributed by atoms with Crippen LogP contribution < -0.4 is 10.1 Å². The van der Waals surface area contributed by atoms with Crippen LogP contribution in [-0.2, 0) is 9.53 Å². The van der Waals surface area contributed by atoms with Crippen LogP contribution in [0.4, 0.5) is 5.69 Å². The van der Waals surface area contributed by atoms with Gasteiger partial charge in [0.1, 0.15) is 5.75 Å². The molecule has 0 aliphatic rings. The largest absolute Gasteiger partial charge is 0.494 e. The second-order valence-electron chi connectivity index (χ2n) is 6.27. The molecule has 5 heteroatoms. The molecule has 0 aromatic heterocycles. The molecular formula is C21H25NO4. The highest BCUT2D eigenvalue weighted by atomic mass is 16.5. The van der Waals surface area contributed by atoms with Gasteiger partial charge in [0.2, 0.25) is 0 Å². The molecule has 0 unspecified atom stereocenters. The van der Waals surface area contributed by atoms with E-state index in [0.717, 1.165) is 28.8 Å². The van der Waals surface area contributed by atoms with Gasteiger partial charge in [0.25, 0.3) is 5.91 Å². The molecule has 0 saturated heterocycles. The van der Waals surface area contributed by atoms with Gasteiger partial charge in [-0.1, -0.05) is 24.6 Å². The number of nitrogens with one attached hydrogen (secondary N) is 1. The first-order valence-corrected chi connectivity index (χ1v) is 8.68. The van der Waals surface area contributed by atoms with Gasteiger partial charge in [0.15, 0.2) is 6.61 Å². The lowest BCUT2D eigenvalue weighted by atomic mass is 10.1. The molecule has 0 aliphatic heterocycles. The first kappa shape index (κ1) is 19.5. The van der Waals surface area contributed by atoms with Crippen LogP contribution in [0.1, 0.15) is 40.4 Å². The Kier molecular flexibility index (Phi) is 6.78. The number of ether oxygens (including phenoxy) is 2. The number of carbonyl (C=O) groups excluding carboxylic acids is 2. The van der Waals surface area contributed by atoms with Crippen LogP contribution in [0, 0.1) is 20.8 Å². The van der Waals surface area contributed by atoms with Crippen molar-refractivity contribution in [3.05, 3.63) is 58.7 Å². The van der Waals surface area contributed by atoms with Crippen molar-refractivity contribution in [3.8, 4) is 5.75 Å². The van der Waals surface area contributed by atoms with Crippen LogP contribution in [0.5, 0.6) is 5.75 Å². The lowest BCUT2D eigenvalue weighted by Crippen LogP contribution is -2.22. The zero-order valence-electron chi connectivity index (χ0n) is 15.7. The number of carbonyl (C=O) groups is 2. The van der Waals surface area contributed by atoms with Gasteiger partial charge in [-0.25, -0.2) is 4.79 Å². The Morgan fingerprint density at radius 2 is 1.62 bits per heavy atom. The topological polar surface area (TPSA) is 64.6 Å². The Balaban J connectivity index is 1.90. The number of aryl methyl sites for hydroxylation is 3. The average Bonchev–Trinajstić information content (AvgIpc) is 2.61. The van der Waals surface area contributed by atoms with Crippen molar-refractivity contribution in [2.45, 2.75) is 34.1 Å². The summed E-state index contributed by atoms with van der Waals surface area (Å²) in [6.45, 7) is 8.19. The molecule has 1 N–H and O–H groups in total.